The summed E-state index contributed by atoms with van der Waals surface area (Å²) in [6.45, 7) is 10.2. The highest BCUT2D eigenvalue weighted by Gasteiger charge is 2.42. The van der Waals surface area contributed by atoms with E-state index in [1.807, 2.05) is 45.0 Å². The number of carbonyl (C=O) groups is 3. The molecule has 0 heterocycles. The first-order valence-corrected chi connectivity index (χ1v) is 13.3. The summed E-state index contributed by atoms with van der Waals surface area (Å²) >= 11 is 6.41. The van der Waals surface area contributed by atoms with E-state index in [2.05, 4.69) is 10.6 Å². The molecule has 38 heavy (non-hydrogen) atoms. The maximum absolute atomic E-state index is 14.0. The van der Waals surface area contributed by atoms with Crippen LogP contribution < -0.4 is 10.6 Å². The standard InChI is InChI=1S/C29H38ClN3O5/c1-17-13-14-21(19(3)15-17)25(26(35)32-24-18(2)9-7-12-22(24)30)33(20-10-8-11-20)27(36)23(16-34)31-28(37)38-29(4,5)6/h7,9,12-15,20,23,25,34H,8,10-11,16H2,1-6H3,(H,31,37)(H,32,35). The molecule has 0 saturated heterocycles. The monoisotopic (exact) mass is 543 g/mol. The third kappa shape index (κ3) is 7.05. The average Bonchev–Trinajstić information content (AvgIpc) is 2.78. The third-order valence-electron chi connectivity index (χ3n) is 6.61. The van der Waals surface area contributed by atoms with Gasteiger partial charge >= 0.3 is 6.09 Å². The summed E-state index contributed by atoms with van der Waals surface area (Å²) in [5.41, 5.74) is 3.00. The summed E-state index contributed by atoms with van der Waals surface area (Å²) in [6.07, 6.45) is 1.49. The molecule has 1 fully saturated rings. The van der Waals surface area contributed by atoms with Crippen molar-refractivity contribution in [1.82, 2.24) is 10.2 Å². The molecule has 0 aromatic heterocycles. The number of halogens is 1. The zero-order chi connectivity index (χ0) is 28.2. The van der Waals surface area contributed by atoms with Crippen LogP contribution in [0.25, 0.3) is 0 Å². The Bertz CT molecular complexity index is 1170. The molecule has 0 radical (unpaired) electrons. The van der Waals surface area contributed by atoms with E-state index in [1.54, 1.807) is 32.9 Å². The van der Waals surface area contributed by atoms with Crippen molar-refractivity contribution in [3.63, 3.8) is 0 Å². The molecule has 2 aromatic rings. The Morgan fingerprint density at radius 1 is 1.11 bits per heavy atom. The van der Waals surface area contributed by atoms with Gasteiger partial charge in [-0.1, -0.05) is 47.5 Å². The minimum atomic E-state index is -1.28. The van der Waals surface area contributed by atoms with Crippen molar-refractivity contribution in [2.24, 2.45) is 0 Å². The molecule has 1 aliphatic rings. The summed E-state index contributed by atoms with van der Waals surface area (Å²) in [5.74, 6) is -0.985. The number of anilines is 1. The van der Waals surface area contributed by atoms with Crippen molar-refractivity contribution >= 4 is 35.2 Å². The highest BCUT2D eigenvalue weighted by molar-refractivity contribution is 6.34. The first kappa shape index (κ1) is 29.5. The zero-order valence-electron chi connectivity index (χ0n) is 22.9. The van der Waals surface area contributed by atoms with E-state index >= 15 is 0 Å². The zero-order valence-corrected chi connectivity index (χ0v) is 23.7. The van der Waals surface area contributed by atoms with Crippen LogP contribution in [0.1, 0.15) is 68.3 Å². The quantitative estimate of drug-likeness (QED) is 0.423. The number of aliphatic hydroxyl groups is 1. The second kappa shape index (κ2) is 12.2. The van der Waals surface area contributed by atoms with Crippen LogP contribution in [0.2, 0.25) is 5.02 Å². The van der Waals surface area contributed by atoms with Gasteiger partial charge in [-0.05, 0) is 83.6 Å². The van der Waals surface area contributed by atoms with Gasteiger partial charge in [-0.15, -0.1) is 0 Å². The molecule has 0 bridgehead atoms. The Morgan fingerprint density at radius 3 is 2.32 bits per heavy atom. The maximum Gasteiger partial charge on any atom is 0.408 e. The Balaban J connectivity index is 2.05. The van der Waals surface area contributed by atoms with Gasteiger partial charge in [-0.3, -0.25) is 9.59 Å². The van der Waals surface area contributed by atoms with Crippen molar-refractivity contribution < 1.29 is 24.2 Å². The van der Waals surface area contributed by atoms with Crippen LogP contribution in [0.4, 0.5) is 10.5 Å². The molecular formula is C29H38ClN3O5. The van der Waals surface area contributed by atoms with Gasteiger partial charge in [0.2, 0.25) is 5.91 Å². The normalized spacial score (nSPS) is 15.2. The summed E-state index contributed by atoms with van der Waals surface area (Å²) < 4.78 is 5.31. The second-order valence-corrected chi connectivity index (χ2v) is 11.3. The number of hydrogen-bond donors (Lipinski definition) is 3. The smallest absolute Gasteiger partial charge is 0.408 e. The lowest BCUT2D eigenvalue weighted by molar-refractivity contribution is -0.146. The fourth-order valence-corrected chi connectivity index (χ4v) is 4.80. The highest BCUT2D eigenvalue weighted by Crippen LogP contribution is 2.36. The van der Waals surface area contributed by atoms with Gasteiger partial charge in [0.15, 0.2) is 0 Å². The van der Waals surface area contributed by atoms with Crippen molar-refractivity contribution in [3.8, 4) is 0 Å². The average molecular weight is 544 g/mol. The number of para-hydroxylation sites is 1. The molecule has 3 amide bonds. The minimum Gasteiger partial charge on any atom is -0.444 e. The Labute approximate surface area is 229 Å². The number of nitrogens with one attached hydrogen (secondary N) is 2. The number of carbonyl (C=O) groups excluding carboxylic acids is 3. The largest absolute Gasteiger partial charge is 0.444 e. The van der Waals surface area contributed by atoms with Gasteiger partial charge in [0.25, 0.3) is 5.91 Å². The Hall–Kier alpha value is -3.10. The molecule has 0 aliphatic heterocycles. The van der Waals surface area contributed by atoms with Crippen molar-refractivity contribution in [2.45, 2.75) is 84.5 Å². The fourth-order valence-electron chi connectivity index (χ4n) is 4.53. The number of nitrogens with zero attached hydrogens (tertiary/aromatic N) is 1. The summed E-state index contributed by atoms with van der Waals surface area (Å²) in [5, 5.41) is 15.9. The van der Waals surface area contributed by atoms with E-state index in [9.17, 15) is 19.5 Å². The number of benzene rings is 2. The van der Waals surface area contributed by atoms with Crippen molar-refractivity contribution in [3.05, 3.63) is 63.7 Å². The minimum absolute atomic E-state index is 0.235. The first-order chi connectivity index (χ1) is 17.8. The number of rotatable bonds is 8. The van der Waals surface area contributed by atoms with Gasteiger partial charge in [0.1, 0.15) is 17.7 Å². The van der Waals surface area contributed by atoms with Gasteiger partial charge in [0.05, 0.1) is 17.3 Å². The van der Waals surface area contributed by atoms with Crippen LogP contribution in [0.15, 0.2) is 36.4 Å². The first-order valence-electron chi connectivity index (χ1n) is 12.9. The predicted octanol–water partition coefficient (Wildman–Crippen LogP) is 5.21. The van der Waals surface area contributed by atoms with Gasteiger partial charge in [-0.25, -0.2) is 4.79 Å². The van der Waals surface area contributed by atoms with Crippen molar-refractivity contribution in [1.29, 1.82) is 0 Å². The fraction of sp³-hybridized carbons (Fsp3) is 0.483. The molecule has 1 saturated carbocycles. The van der Waals surface area contributed by atoms with Crippen LogP contribution in [-0.4, -0.2) is 52.2 Å². The molecule has 3 N–H and O–H groups in total. The lowest BCUT2D eigenvalue weighted by atomic mass is 9.87. The molecule has 1 aliphatic carbocycles. The van der Waals surface area contributed by atoms with E-state index in [4.69, 9.17) is 16.3 Å². The predicted molar refractivity (Wildman–Crippen MR) is 148 cm³/mol. The van der Waals surface area contributed by atoms with Crippen LogP contribution >= 0.6 is 11.6 Å². The van der Waals surface area contributed by atoms with E-state index in [1.165, 1.54) is 4.90 Å². The summed E-state index contributed by atoms with van der Waals surface area (Å²) in [4.78, 5) is 42.0. The van der Waals surface area contributed by atoms with E-state index in [0.29, 0.717) is 29.1 Å². The molecule has 9 heteroatoms. The van der Waals surface area contributed by atoms with E-state index < -0.39 is 42.2 Å². The molecule has 3 rings (SSSR count). The number of ether oxygens (including phenoxy) is 1. The second-order valence-electron chi connectivity index (χ2n) is 10.9. The molecule has 2 atom stereocenters. The van der Waals surface area contributed by atoms with Crippen LogP contribution in [0, 0.1) is 20.8 Å². The number of hydrogen-bond acceptors (Lipinski definition) is 5. The summed E-state index contributed by atoms with van der Waals surface area (Å²) in [7, 11) is 0. The molecule has 0 spiro atoms. The number of aryl methyl sites for hydroxylation is 3. The topological polar surface area (TPSA) is 108 Å². The summed E-state index contributed by atoms with van der Waals surface area (Å²) in [6, 6.07) is 8.51. The number of alkyl carbamates (subject to hydrolysis) is 1. The van der Waals surface area contributed by atoms with E-state index in [-0.39, 0.29) is 6.04 Å². The van der Waals surface area contributed by atoms with Crippen LogP contribution in [0.5, 0.6) is 0 Å². The van der Waals surface area contributed by atoms with Gasteiger partial charge in [0, 0.05) is 6.04 Å². The Morgan fingerprint density at radius 2 is 1.79 bits per heavy atom. The molecule has 8 nitrogen and oxygen atoms in total. The Kier molecular flexibility index (Phi) is 9.44. The maximum atomic E-state index is 14.0. The van der Waals surface area contributed by atoms with Crippen LogP contribution in [-0.2, 0) is 14.3 Å². The van der Waals surface area contributed by atoms with Gasteiger partial charge in [-0.2, -0.15) is 0 Å². The SMILES string of the molecule is Cc1ccc(C(C(=O)Nc2c(C)cccc2Cl)N(C(=O)C(CO)NC(=O)OC(C)(C)C)C2CCC2)c(C)c1. The lowest BCUT2D eigenvalue weighted by Gasteiger charge is -2.43. The van der Waals surface area contributed by atoms with Crippen LogP contribution in [0.3, 0.4) is 0 Å². The molecule has 206 valence electrons. The highest BCUT2D eigenvalue weighted by atomic mass is 35.5. The molecule has 2 aromatic carbocycles. The third-order valence-corrected chi connectivity index (χ3v) is 6.93. The van der Waals surface area contributed by atoms with Crippen molar-refractivity contribution in [2.75, 3.05) is 11.9 Å². The lowest BCUT2D eigenvalue weighted by Crippen LogP contribution is -2.58. The molecule has 2 unspecified atom stereocenters. The van der Waals surface area contributed by atoms with Gasteiger partial charge < -0.3 is 25.4 Å². The number of aliphatic hydroxyl groups excluding tert-OH is 1. The number of amides is 3. The molecular weight excluding hydrogens is 506 g/mol. The van der Waals surface area contributed by atoms with E-state index in [0.717, 1.165) is 23.1 Å².